The number of nitrogens with two attached hydrogens (primary N) is 1. The van der Waals surface area contributed by atoms with Crippen molar-refractivity contribution in [1.29, 1.82) is 0 Å². The molecule has 1 heterocycles. The second kappa shape index (κ2) is 6.17. The zero-order valence-corrected chi connectivity index (χ0v) is 12.9. The van der Waals surface area contributed by atoms with Crippen molar-refractivity contribution in [2.24, 2.45) is 0 Å². The molecule has 6 heteroatoms. The van der Waals surface area contributed by atoms with Gasteiger partial charge in [-0.1, -0.05) is 0 Å². The summed E-state index contributed by atoms with van der Waals surface area (Å²) in [7, 11) is 0. The van der Waals surface area contributed by atoms with Crippen LogP contribution < -0.4 is 10.9 Å². The topological polar surface area (TPSA) is 104 Å². The first-order chi connectivity index (χ1) is 11.4. The van der Waals surface area contributed by atoms with Gasteiger partial charge < -0.3 is 19.9 Å². The lowest BCUT2D eigenvalue weighted by atomic mass is 10.1. The average Bonchev–Trinajstić information content (AvgIpc) is 2.54. The van der Waals surface area contributed by atoms with Crippen LogP contribution >= 0.6 is 0 Å². The largest absolute Gasteiger partial charge is 0.504 e. The molecular weight excluding hydrogens is 310 g/mol. The van der Waals surface area contributed by atoms with E-state index in [1.165, 1.54) is 24.3 Å². The number of phenols is 2. The number of aromatic hydroxyl groups is 2. The van der Waals surface area contributed by atoms with Crippen molar-refractivity contribution in [2.45, 2.75) is 6.92 Å². The minimum Gasteiger partial charge on any atom is -0.504 e. The maximum absolute atomic E-state index is 12.2. The van der Waals surface area contributed by atoms with E-state index in [1.54, 1.807) is 11.4 Å². The Morgan fingerprint density at radius 3 is 2.62 bits per heavy atom. The van der Waals surface area contributed by atoms with Gasteiger partial charge >= 0.3 is 5.63 Å². The second-order valence-electron chi connectivity index (χ2n) is 5.54. The molecule has 3 rings (SSSR count). The van der Waals surface area contributed by atoms with Crippen LogP contribution in [-0.2, 0) is 0 Å². The number of rotatable bonds is 4. The number of quaternary nitrogens is 1. The smallest absolute Gasteiger partial charge is 0.336 e. The zero-order valence-electron chi connectivity index (χ0n) is 12.9. The Hall–Kier alpha value is -3.12. The highest BCUT2D eigenvalue weighted by Crippen LogP contribution is 2.24. The lowest BCUT2D eigenvalue weighted by Crippen LogP contribution is -2.79. The van der Waals surface area contributed by atoms with Gasteiger partial charge in [-0.05, 0) is 42.8 Å². The predicted molar refractivity (Wildman–Crippen MR) is 87.8 cm³/mol. The van der Waals surface area contributed by atoms with Crippen LogP contribution in [0, 0.1) is 6.92 Å². The molecule has 0 aliphatic carbocycles. The summed E-state index contributed by atoms with van der Waals surface area (Å²) in [6.45, 7) is 1.95. The number of ketones is 1. The van der Waals surface area contributed by atoms with Gasteiger partial charge in [0.1, 0.15) is 17.8 Å². The first kappa shape index (κ1) is 15.8. The summed E-state index contributed by atoms with van der Waals surface area (Å²) in [4.78, 5) is 23.6. The Bertz CT molecular complexity index is 990. The van der Waals surface area contributed by atoms with Crippen LogP contribution in [0.15, 0.2) is 51.7 Å². The van der Waals surface area contributed by atoms with E-state index >= 15 is 0 Å². The van der Waals surface area contributed by atoms with Gasteiger partial charge in [-0.3, -0.25) is 4.79 Å². The quantitative estimate of drug-likeness (QED) is 0.292. The highest BCUT2D eigenvalue weighted by atomic mass is 16.4. The van der Waals surface area contributed by atoms with E-state index in [9.17, 15) is 19.8 Å². The Balaban J connectivity index is 1.78. The van der Waals surface area contributed by atoms with Gasteiger partial charge in [0.05, 0.1) is 0 Å². The summed E-state index contributed by atoms with van der Waals surface area (Å²) in [6.07, 6.45) is 0. The van der Waals surface area contributed by atoms with E-state index in [2.05, 4.69) is 0 Å². The number of fused-ring (bicyclic) bond motifs is 1. The highest BCUT2D eigenvalue weighted by Gasteiger charge is 2.12. The summed E-state index contributed by atoms with van der Waals surface area (Å²) in [5, 5.41) is 21.3. The molecule has 0 aliphatic rings. The van der Waals surface area contributed by atoms with E-state index in [4.69, 9.17) is 4.42 Å². The summed E-state index contributed by atoms with van der Waals surface area (Å²) in [6, 6.07) is 10.8. The Kier molecular flexibility index (Phi) is 4.05. The number of phenolic OH excluding ortho intramolecular Hbond substituents is 2. The van der Waals surface area contributed by atoms with Crippen LogP contribution in [0.25, 0.3) is 11.0 Å². The van der Waals surface area contributed by atoms with E-state index in [-0.39, 0.29) is 23.8 Å². The minimum atomic E-state index is -0.409. The van der Waals surface area contributed by atoms with Crippen molar-refractivity contribution < 1.29 is 24.7 Å². The SMILES string of the molecule is Cc1cc(=O)oc2cc([NH2+]CC(=O)c3ccc(O)c(O)c3)ccc12. The normalized spacial score (nSPS) is 10.9. The summed E-state index contributed by atoms with van der Waals surface area (Å²) >= 11 is 0. The first-order valence-corrected chi connectivity index (χ1v) is 7.37. The fraction of sp³-hybridized carbons (Fsp3) is 0.111. The highest BCUT2D eigenvalue weighted by molar-refractivity contribution is 5.97. The molecule has 0 saturated heterocycles. The molecule has 3 aromatic rings. The molecule has 0 fully saturated rings. The third-order valence-corrected chi connectivity index (χ3v) is 3.80. The molecule has 1 aromatic heterocycles. The lowest BCUT2D eigenvalue weighted by Gasteiger charge is -2.04. The Labute approximate surface area is 137 Å². The summed E-state index contributed by atoms with van der Waals surface area (Å²) in [5.41, 5.74) is 1.97. The van der Waals surface area contributed by atoms with Crippen LogP contribution in [0.5, 0.6) is 11.5 Å². The zero-order chi connectivity index (χ0) is 17.3. The monoisotopic (exact) mass is 326 g/mol. The molecule has 2 aromatic carbocycles. The number of carbonyl (C=O) groups is 1. The second-order valence-corrected chi connectivity index (χ2v) is 5.54. The van der Waals surface area contributed by atoms with Crippen LogP contribution in [0.1, 0.15) is 15.9 Å². The lowest BCUT2D eigenvalue weighted by molar-refractivity contribution is -0.557. The molecule has 0 amide bonds. The minimum absolute atomic E-state index is 0.117. The summed E-state index contributed by atoms with van der Waals surface area (Å²) < 4.78 is 5.18. The van der Waals surface area contributed by atoms with Crippen LogP contribution in [0.3, 0.4) is 0 Å². The fourth-order valence-electron chi connectivity index (χ4n) is 2.49. The van der Waals surface area contributed by atoms with E-state index < -0.39 is 5.63 Å². The van der Waals surface area contributed by atoms with Gasteiger partial charge in [0, 0.05) is 23.1 Å². The van der Waals surface area contributed by atoms with Crippen molar-refractivity contribution in [2.75, 3.05) is 6.54 Å². The predicted octanol–water partition coefficient (Wildman–Crippen LogP) is 1.59. The number of aryl methyl sites for hydroxylation is 1. The number of hydrogen-bond donors (Lipinski definition) is 3. The average molecular weight is 326 g/mol. The molecule has 6 nitrogen and oxygen atoms in total. The molecule has 0 spiro atoms. The maximum atomic E-state index is 12.2. The van der Waals surface area contributed by atoms with Gasteiger partial charge in [-0.2, -0.15) is 0 Å². The molecule has 0 unspecified atom stereocenters. The van der Waals surface area contributed by atoms with Crippen molar-refractivity contribution >= 4 is 22.4 Å². The molecular formula is C18H16NO5+. The van der Waals surface area contributed by atoms with Gasteiger partial charge in [-0.15, -0.1) is 0 Å². The summed E-state index contributed by atoms with van der Waals surface area (Å²) in [5.74, 6) is -0.796. The number of benzene rings is 2. The Morgan fingerprint density at radius 1 is 1.08 bits per heavy atom. The van der Waals surface area contributed by atoms with Crippen molar-refractivity contribution in [3.8, 4) is 11.5 Å². The van der Waals surface area contributed by atoms with Gasteiger partial charge in [0.15, 0.2) is 11.5 Å². The van der Waals surface area contributed by atoms with Gasteiger partial charge in [-0.25, -0.2) is 4.79 Å². The first-order valence-electron chi connectivity index (χ1n) is 7.37. The molecule has 4 N–H and O–H groups in total. The Morgan fingerprint density at radius 2 is 1.88 bits per heavy atom. The third-order valence-electron chi connectivity index (χ3n) is 3.80. The van der Waals surface area contributed by atoms with Crippen molar-refractivity contribution in [3.05, 3.63) is 64.0 Å². The van der Waals surface area contributed by atoms with Crippen molar-refractivity contribution in [3.63, 3.8) is 0 Å². The molecule has 0 radical (unpaired) electrons. The number of carbonyl (C=O) groups excluding carboxylic acids is 1. The maximum Gasteiger partial charge on any atom is 0.336 e. The molecule has 0 atom stereocenters. The molecule has 24 heavy (non-hydrogen) atoms. The van der Waals surface area contributed by atoms with E-state index in [0.29, 0.717) is 11.1 Å². The number of hydrogen-bond acceptors (Lipinski definition) is 5. The molecule has 122 valence electrons. The van der Waals surface area contributed by atoms with Crippen LogP contribution in [-0.4, -0.2) is 22.5 Å². The molecule has 0 bridgehead atoms. The van der Waals surface area contributed by atoms with E-state index in [0.717, 1.165) is 16.6 Å². The standard InChI is InChI=1S/C18H15NO5/c1-10-6-18(23)24-17-8-12(3-4-13(10)17)19-9-16(22)11-2-5-14(20)15(21)7-11/h2-8,19-21H,9H2,1H3/p+1. The van der Waals surface area contributed by atoms with E-state index in [1.807, 2.05) is 19.1 Å². The molecule has 0 aliphatic heterocycles. The van der Waals surface area contributed by atoms with Gasteiger partial charge in [0.2, 0.25) is 5.78 Å². The van der Waals surface area contributed by atoms with Crippen LogP contribution in [0.2, 0.25) is 0 Å². The fourth-order valence-corrected chi connectivity index (χ4v) is 2.49. The van der Waals surface area contributed by atoms with Gasteiger partial charge in [0.25, 0.3) is 0 Å². The van der Waals surface area contributed by atoms with Crippen molar-refractivity contribution in [1.82, 2.24) is 0 Å². The van der Waals surface area contributed by atoms with Crippen LogP contribution in [0.4, 0.5) is 5.69 Å². The molecule has 0 saturated carbocycles. The number of Topliss-reactive ketones (excluding diaryl/α,β-unsaturated/α-hetero) is 1. The third kappa shape index (κ3) is 3.13.